The Morgan fingerprint density at radius 3 is 2.80 bits per heavy atom. The minimum Gasteiger partial charge on any atom is -0.283 e. The number of hydrogen-bond donors (Lipinski definition) is 1. The molecular weight excluding hydrogens is 274 g/mol. The Hall–Kier alpha value is -1.56. The summed E-state index contributed by atoms with van der Waals surface area (Å²) in [6.45, 7) is 2.11. The molecule has 0 aliphatic heterocycles. The molecule has 1 heterocycles. The van der Waals surface area contributed by atoms with Gasteiger partial charge < -0.3 is 0 Å². The number of nitrogens with zero attached hydrogens (tertiary/aromatic N) is 2. The lowest BCUT2D eigenvalue weighted by molar-refractivity contribution is 0.594. The highest BCUT2D eigenvalue weighted by Gasteiger charge is 2.11. The van der Waals surface area contributed by atoms with Crippen molar-refractivity contribution in [1.82, 2.24) is 9.78 Å². The van der Waals surface area contributed by atoms with Crippen LogP contribution in [0.25, 0.3) is 10.9 Å². The number of nitrogens with one attached hydrogen (secondary N) is 1. The van der Waals surface area contributed by atoms with Crippen molar-refractivity contribution in [3.8, 4) is 0 Å². The van der Waals surface area contributed by atoms with Gasteiger partial charge in [0.2, 0.25) is 10.0 Å². The molecule has 0 unspecified atom stereocenters. The fourth-order valence-corrected chi connectivity index (χ4v) is 3.33. The van der Waals surface area contributed by atoms with Gasteiger partial charge in [-0.2, -0.15) is 5.10 Å². The highest BCUT2D eigenvalue weighted by molar-refractivity contribution is 7.92. The summed E-state index contributed by atoms with van der Waals surface area (Å²) in [5, 5.41) is 5.14. The topological polar surface area (TPSA) is 64.0 Å². The average molecular weight is 295 g/mol. The molecule has 0 aliphatic rings. The highest BCUT2D eigenvalue weighted by atomic mass is 32.2. The molecule has 5 nitrogen and oxygen atoms in total. The van der Waals surface area contributed by atoms with E-state index in [1.165, 1.54) is 0 Å². The molecule has 0 amide bonds. The molecule has 0 saturated heterocycles. The number of hydrogen-bond acceptors (Lipinski definition) is 3. The van der Waals surface area contributed by atoms with Crippen LogP contribution in [0.3, 0.4) is 0 Å². The van der Waals surface area contributed by atoms with Crippen LogP contribution in [0.1, 0.15) is 32.6 Å². The normalized spacial score (nSPS) is 11.9. The summed E-state index contributed by atoms with van der Waals surface area (Å²) in [6.07, 6.45) is 5.61. The average Bonchev–Trinajstić information content (AvgIpc) is 2.76. The smallest absolute Gasteiger partial charge is 0.232 e. The van der Waals surface area contributed by atoms with Crippen molar-refractivity contribution in [2.45, 2.75) is 32.6 Å². The molecule has 2 aromatic rings. The van der Waals surface area contributed by atoms with E-state index in [0.29, 0.717) is 12.1 Å². The zero-order valence-corrected chi connectivity index (χ0v) is 12.8. The van der Waals surface area contributed by atoms with Gasteiger partial charge in [0, 0.05) is 12.4 Å². The largest absolute Gasteiger partial charge is 0.283 e. The molecule has 0 fully saturated rings. The van der Waals surface area contributed by atoms with Crippen LogP contribution in [0.4, 0.5) is 5.69 Å². The van der Waals surface area contributed by atoms with E-state index in [4.69, 9.17) is 0 Å². The van der Waals surface area contributed by atoms with Gasteiger partial charge in [0.25, 0.3) is 0 Å². The Bertz CT molecular complexity index is 677. The predicted octanol–water partition coefficient (Wildman–Crippen LogP) is 2.90. The van der Waals surface area contributed by atoms with Gasteiger partial charge >= 0.3 is 0 Å². The summed E-state index contributed by atoms with van der Waals surface area (Å²) >= 11 is 0. The molecule has 1 N–H and O–H groups in total. The number of aromatic nitrogens is 2. The van der Waals surface area contributed by atoms with Crippen LogP contribution in [0.2, 0.25) is 0 Å². The maximum absolute atomic E-state index is 12.0. The lowest BCUT2D eigenvalue weighted by Crippen LogP contribution is -2.16. The third-order valence-electron chi connectivity index (χ3n) is 3.29. The molecule has 0 atom stereocenters. The van der Waals surface area contributed by atoms with E-state index in [-0.39, 0.29) is 5.75 Å². The van der Waals surface area contributed by atoms with E-state index >= 15 is 0 Å². The van der Waals surface area contributed by atoms with Crippen molar-refractivity contribution in [2.24, 2.45) is 7.05 Å². The molecule has 1 aromatic carbocycles. The quantitative estimate of drug-likeness (QED) is 0.799. The Balaban J connectivity index is 2.04. The van der Waals surface area contributed by atoms with Crippen molar-refractivity contribution in [3.05, 3.63) is 24.4 Å². The van der Waals surface area contributed by atoms with E-state index < -0.39 is 10.0 Å². The van der Waals surface area contributed by atoms with Gasteiger partial charge in [-0.1, -0.05) is 26.2 Å². The zero-order chi connectivity index (χ0) is 14.6. The second-order valence-corrected chi connectivity index (χ2v) is 6.87. The van der Waals surface area contributed by atoms with Crippen LogP contribution in [0.5, 0.6) is 0 Å². The molecular formula is C14H21N3O2S. The summed E-state index contributed by atoms with van der Waals surface area (Å²) in [7, 11) is -1.42. The van der Waals surface area contributed by atoms with Crippen molar-refractivity contribution in [3.63, 3.8) is 0 Å². The zero-order valence-electron chi connectivity index (χ0n) is 12.0. The van der Waals surface area contributed by atoms with Gasteiger partial charge in [0.1, 0.15) is 0 Å². The van der Waals surface area contributed by atoms with Crippen LogP contribution in [0, 0.1) is 0 Å². The summed E-state index contributed by atoms with van der Waals surface area (Å²) in [5.41, 5.74) is 1.51. The minimum absolute atomic E-state index is 0.177. The van der Waals surface area contributed by atoms with Crippen molar-refractivity contribution in [1.29, 1.82) is 0 Å². The van der Waals surface area contributed by atoms with Crippen molar-refractivity contribution >= 4 is 26.6 Å². The van der Waals surface area contributed by atoms with Gasteiger partial charge in [0.15, 0.2) is 0 Å². The van der Waals surface area contributed by atoms with Gasteiger partial charge in [-0.3, -0.25) is 9.40 Å². The molecule has 6 heteroatoms. The van der Waals surface area contributed by atoms with Gasteiger partial charge in [0.05, 0.1) is 23.2 Å². The van der Waals surface area contributed by atoms with Crippen LogP contribution >= 0.6 is 0 Å². The third kappa shape index (κ3) is 3.72. The second kappa shape index (κ2) is 6.26. The van der Waals surface area contributed by atoms with Crippen LogP contribution in [-0.4, -0.2) is 24.0 Å². The Kier molecular flexibility index (Phi) is 4.65. The first-order chi connectivity index (χ1) is 9.52. The summed E-state index contributed by atoms with van der Waals surface area (Å²) < 4.78 is 28.3. The number of fused-ring (bicyclic) bond motifs is 1. The Labute approximate surface area is 120 Å². The van der Waals surface area contributed by atoms with E-state index in [2.05, 4.69) is 16.7 Å². The van der Waals surface area contributed by atoms with Crippen molar-refractivity contribution in [2.75, 3.05) is 10.5 Å². The summed E-state index contributed by atoms with van der Waals surface area (Å²) in [4.78, 5) is 0. The second-order valence-electron chi connectivity index (χ2n) is 5.02. The van der Waals surface area contributed by atoms with Crippen LogP contribution in [-0.2, 0) is 17.1 Å². The maximum atomic E-state index is 12.0. The molecule has 20 heavy (non-hydrogen) atoms. The number of rotatable bonds is 7. The SMILES string of the molecule is CCCCCCS(=O)(=O)Nc1ccc2cnn(C)c2c1. The van der Waals surface area contributed by atoms with Crippen LogP contribution < -0.4 is 4.72 Å². The first-order valence-corrected chi connectivity index (χ1v) is 8.59. The summed E-state index contributed by atoms with van der Waals surface area (Å²) in [5.74, 6) is 0.177. The predicted molar refractivity (Wildman–Crippen MR) is 82.3 cm³/mol. The molecule has 0 spiro atoms. The Morgan fingerprint density at radius 1 is 1.25 bits per heavy atom. The van der Waals surface area contributed by atoms with E-state index in [9.17, 15) is 8.42 Å². The van der Waals surface area contributed by atoms with E-state index in [0.717, 1.165) is 30.2 Å². The van der Waals surface area contributed by atoms with Gasteiger partial charge in [-0.15, -0.1) is 0 Å². The Morgan fingerprint density at radius 2 is 2.05 bits per heavy atom. The fraction of sp³-hybridized carbons (Fsp3) is 0.500. The first-order valence-electron chi connectivity index (χ1n) is 6.94. The molecule has 0 aliphatic carbocycles. The fourth-order valence-electron chi connectivity index (χ4n) is 2.16. The number of aryl methyl sites for hydroxylation is 1. The third-order valence-corrected chi connectivity index (χ3v) is 4.66. The number of anilines is 1. The monoisotopic (exact) mass is 295 g/mol. The number of unbranched alkanes of at least 4 members (excludes halogenated alkanes) is 3. The van der Waals surface area contributed by atoms with Gasteiger partial charge in [-0.25, -0.2) is 8.42 Å². The highest BCUT2D eigenvalue weighted by Crippen LogP contribution is 2.19. The van der Waals surface area contributed by atoms with E-state index in [1.807, 2.05) is 19.2 Å². The van der Waals surface area contributed by atoms with Crippen LogP contribution in [0.15, 0.2) is 24.4 Å². The molecule has 2 rings (SSSR count). The first kappa shape index (κ1) is 14.8. The standard InChI is InChI=1S/C14H21N3O2S/c1-3-4-5-6-9-20(18,19)16-13-8-7-12-11-15-17(2)14(12)10-13/h7-8,10-11,16H,3-6,9H2,1-2H3. The van der Waals surface area contributed by atoms with E-state index in [1.54, 1.807) is 16.9 Å². The number of benzene rings is 1. The molecule has 1 aromatic heterocycles. The summed E-state index contributed by atoms with van der Waals surface area (Å²) in [6, 6.07) is 5.46. The lowest BCUT2D eigenvalue weighted by Gasteiger charge is -2.08. The molecule has 110 valence electrons. The number of sulfonamides is 1. The molecule has 0 saturated carbocycles. The molecule has 0 bridgehead atoms. The lowest BCUT2D eigenvalue weighted by atomic mass is 10.2. The molecule has 0 radical (unpaired) electrons. The minimum atomic E-state index is -3.26. The van der Waals surface area contributed by atoms with Gasteiger partial charge in [-0.05, 0) is 24.6 Å². The van der Waals surface area contributed by atoms with Crippen molar-refractivity contribution < 1.29 is 8.42 Å². The maximum Gasteiger partial charge on any atom is 0.232 e.